The molecule has 3 aliphatic rings. The largest absolute Gasteiger partial charge is 0.325 e. The molecule has 1 aromatic carbocycles. The SMILES string of the molecule is CONC(=O)Cc1ccc2c(c1)C1(CCNCC1)CN2c1ncnc2c1C(C)CC2. The Labute approximate surface area is 177 Å². The first-order valence-electron chi connectivity index (χ1n) is 10.9. The molecule has 2 aliphatic heterocycles. The molecule has 0 saturated carbocycles. The highest BCUT2D eigenvalue weighted by Crippen LogP contribution is 2.51. The van der Waals surface area contributed by atoms with Crippen LogP contribution in [0.3, 0.4) is 0 Å². The van der Waals surface area contributed by atoms with E-state index < -0.39 is 0 Å². The minimum absolute atomic E-state index is 0.0913. The van der Waals surface area contributed by atoms with Gasteiger partial charge in [0.15, 0.2) is 0 Å². The molecular formula is C23H29N5O2. The molecule has 1 fully saturated rings. The first-order chi connectivity index (χ1) is 14.6. The fourth-order valence-electron chi connectivity index (χ4n) is 5.52. The molecule has 1 aliphatic carbocycles. The smallest absolute Gasteiger partial charge is 0.247 e. The van der Waals surface area contributed by atoms with Crippen molar-refractivity contribution in [3.63, 3.8) is 0 Å². The third-order valence-electron chi connectivity index (χ3n) is 7.03. The highest BCUT2D eigenvalue weighted by molar-refractivity contribution is 5.79. The Morgan fingerprint density at radius 1 is 1.33 bits per heavy atom. The van der Waals surface area contributed by atoms with E-state index in [9.17, 15) is 4.79 Å². The van der Waals surface area contributed by atoms with Crippen molar-refractivity contribution in [2.24, 2.45) is 0 Å². The van der Waals surface area contributed by atoms with Gasteiger partial charge < -0.3 is 10.2 Å². The molecule has 1 unspecified atom stereocenters. The number of aryl methyl sites for hydroxylation is 1. The molecule has 0 bridgehead atoms. The van der Waals surface area contributed by atoms with Gasteiger partial charge in [0.2, 0.25) is 5.91 Å². The van der Waals surface area contributed by atoms with Crippen molar-refractivity contribution in [3.05, 3.63) is 46.9 Å². The molecule has 158 valence electrons. The van der Waals surface area contributed by atoms with Crippen LogP contribution < -0.4 is 15.7 Å². The maximum absolute atomic E-state index is 12.1. The number of anilines is 2. The Morgan fingerprint density at radius 2 is 2.17 bits per heavy atom. The zero-order chi connectivity index (χ0) is 20.7. The summed E-state index contributed by atoms with van der Waals surface area (Å²) in [5.74, 6) is 1.43. The van der Waals surface area contributed by atoms with Crippen molar-refractivity contribution in [3.8, 4) is 0 Å². The van der Waals surface area contributed by atoms with Gasteiger partial charge in [-0.1, -0.05) is 19.1 Å². The predicted octanol–water partition coefficient (Wildman–Crippen LogP) is 2.52. The highest BCUT2D eigenvalue weighted by atomic mass is 16.6. The molecule has 2 aromatic rings. The van der Waals surface area contributed by atoms with E-state index >= 15 is 0 Å². The number of carbonyl (C=O) groups is 1. The molecule has 2 N–H and O–H groups in total. The lowest BCUT2D eigenvalue weighted by atomic mass is 9.74. The number of aromatic nitrogens is 2. The van der Waals surface area contributed by atoms with Gasteiger partial charge in [-0.25, -0.2) is 15.4 Å². The monoisotopic (exact) mass is 407 g/mol. The molecule has 5 rings (SSSR count). The van der Waals surface area contributed by atoms with Crippen LogP contribution in [0, 0.1) is 0 Å². The zero-order valence-electron chi connectivity index (χ0n) is 17.7. The summed E-state index contributed by atoms with van der Waals surface area (Å²) in [6.45, 7) is 5.25. The van der Waals surface area contributed by atoms with Crippen LogP contribution in [0.5, 0.6) is 0 Å². The van der Waals surface area contributed by atoms with E-state index in [-0.39, 0.29) is 11.3 Å². The van der Waals surface area contributed by atoms with Crippen molar-refractivity contribution in [1.82, 2.24) is 20.8 Å². The van der Waals surface area contributed by atoms with Crippen LogP contribution in [0.25, 0.3) is 0 Å². The molecule has 1 atom stereocenters. The predicted molar refractivity (Wildman–Crippen MR) is 115 cm³/mol. The Hall–Kier alpha value is -2.51. The minimum Gasteiger partial charge on any atom is -0.325 e. The molecule has 7 heteroatoms. The summed E-state index contributed by atoms with van der Waals surface area (Å²) in [6.07, 6.45) is 6.40. The summed E-state index contributed by atoms with van der Waals surface area (Å²) >= 11 is 0. The molecule has 1 amide bonds. The second-order valence-electron chi connectivity index (χ2n) is 8.87. The average molecular weight is 408 g/mol. The van der Waals surface area contributed by atoms with Crippen LogP contribution in [0.4, 0.5) is 11.5 Å². The second kappa shape index (κ2) is 7.63. The number of carbonyl (C=O) groups excluding carboxylic acids is 1. The van der Waals surface area contributed by atoms with Gasteiger partial charge in [0.25, 0.3) is 0 Å². The van der Waals surface area contributed by atoms with Crippen LogP contribution in [-0.2, 0) is 27.9 Å². The van der Waals surface area contributed by atoms with E-state index in [2.05, 4.69) is 45.8 Å². The van der Waals surface area contributed by atoms with Crippen molar-refractivity contribution in [2.75, 3.05) is 31.6 Å². The van der Waals surface area contributed by atoms with Gasteiger partial charge in [-0.15, -0.1) is 0 Å². The van der Waals surface area contributed by atoms with Gasteiger partial charge in [-0.3, -0.25) is 9.63 Å². The molecule has 7 nitrogen and oxygen atoms in total. The summed E-state index contributed by atoms with van der Waals surface area (Å²) in [7, 11) is 1.46. The lowest BCUT2D eigenvalue weighted by Gasteiger charge is -2.35. The Morgan fingerprint density at radius 3 is 2.97 bits per heavy atom. The van der Waals surface area contributed by atoms with Crippen molar-refractivity contribution >= 4 is 17.4 Å². The normalized spacial score (nSPS) is 21.5. The molecule has 1 spiro atoms. The number of rotatable bonds is 4. The van der Waals surface area contributed by atoms with Gasteiger partial charge in [0, 0.05) is 28.9 Å². The van der Waals surface area contributed by atoms with E-state index in [4.69, 9.17) is 9.82 Å². The number of fused-ring (bicyclic) bond motifs is 3. The first kappa shape index (κ1) is 19.5. The maximum atomic E-state index is 12.1. The van der Waals surface area contributed by atoms with Crippen molar-refractivity contribution in [2.45, 2.75) is 50.4 Å². The first-order valence-corrected chi connectivity index (χ1v) is 10.9. The van der Waals surface area contributed by atoms with E-state index in [1.807, 2.05) is 0 Å². The second-order valence-corrected chi connectivity index (χ2v) is 8.87. The summed E-state index contributed by atoms with van der Waals surface area (Å²) in [6, 6.07) is 6.47. The van der Waals surface area contributed by atoms with E-state index in [1.54, 1.807) is 6.33 Å². The van der Waals surface area contributed by atoms with E-state index in [0.717, 1.165) is 56.7 Å². The maximum Gasteiger partial charge on any atom is 0.247 e. The summed E-state index contributed by atoms with van der Waals surface area (Å²) in [5, 5.41) is 3.51. The molecule has 1 aromatic heterocycles. The topological polar surface area (TPSA) is 79.4 Å². The van der Waals surface area contributed by atoms with Crippen molar-refractivity contribution < 1.29 is 9.63 Å². The molecular weight excluding hydrogens is 378 g/mol. The summed E-state index contributed by atoms with van der Waals surface area (Å²) in [4.78, 5) is 28.6. The van der Waals surface area contributed by atoms with Crippen LogP contribution in [0.15, 0.2) is 24.5 Å². The van der Waals surface area contributed by atoms with E-state index in [0.29, 0.717) is 12.3 Å². The van der Waals surface area contributed by atoms with Gasteiger partial charge in [0.1, 0.15) is 12.1 Å². The number of amides is 1. The fourth-order valence-corrected chi connectivity index (χ4v) is 5.52. The average Bonchev–Trinajstić information content (AvgIpc) is 3.28. The van der Waals surface area contributed by atoms with Crippen LogP contribution >= 0.6 is 0 Å². The van der Waals surface area contributed by atoms with Crippen LogP contribution in [0.2, 0.25) is 0 Å². The number of piperidine rings is 1. The van der Waals surface area contributed by atoms with Gasteiger partial charge in [0.05, 0.1) is 13.5 Å². The standard InChI is InChI=1S/C23H29N5O2/c1-15-3-5-18-21(15)22(26-14-25-18)28-13-23(7-9-24-10-8-23)17-11-16(4-6-19(17)28)12-20(29)27-30-2/h4,6,11,14-15,24H,3,5,7-10,12-13H2,1-2H3,(H,27,29). The molecule has 3 heterocycles. The van der Waals surface area contributed by atoms with Crippen LogP contribution in [-0.4, -0.2) is 42.6 Å². The number of hydrogen-bond acceptors (Lipinski definition) is 6. The van der Waals surface area contributed by atoms with Gasteiger partial charge >= 0.3 is 0 Å². The summed E-state index contributed by atoms with van der Waals surface area (Å²) < 4.78 is 0. The fraction of sp³-hybridized carbons (Fsp3) is 0.522. The summed E-state index contributed by atoms with van der Waals surface area (Å²) in [5.41, 5.74) is 8.63. The van der Waals surface area contributed by atoms with Crippen molar-refractivity contribution in [1.29, 1.82) is 0 Å². The minimum atomic E-state index is -0.130. The Balaban J connectivity index is 1.57. The quantitative estimate of drug-likeness (QED) is 0.759. The number of benzene rings is 1. The lowest BCUT2D eigenvalue weighted by Crippen LogP contribution is -2.42. The third kappa shape index (κ3) is 3.17. The molecule has 0 radical (unpaired) electrons. The Bertz CT molecular complexity index is 970. The van der Waals surface area contributed by atoms with Gasteiger partial charge in [-0.2, -0.15) is 0 Å². The highest BCUT2D eigenvalue weighted by Gasteiger charge is 2.45. The van der Waals surface area contributed by atoms with Gasteiger partial charge in [-0.05, 0) is 61.9 Å². The third-order valence-corrected chi connectivity index (χ3v) is 7.03. The molecule has 30 heavy (non-hydrogen) atoms. The molecule has 1 saturated heterocycles. The van der Waals surface area contributed by atoms with E-state index in [1.165, 1.54) is 29.6 Å². The number of nitrogens with one attached hydrogen (secondary N) is 2. The lowest BCUT2D eigenvalue weighted by molar-refractivity contribution is -0.130. The number of hydroxylamine groups is 1. The number of nitrogens with zero attached hydrogens (tertiary/aromatic N) is 3. The Kier molecular flexibility index (Phi) is 4.95. The zero-order valence-corrected chi connectivity index (χ0v) is 17.7. The number of hydrogen-bond donors (Lipinski definition) is 2. The van der Waals surface area contributed by atoms with Crippen LogP contribution in [0.1, 0.15) is 54.5 Å².